The lowest BCUT2D eigenvalue weighted by Crippen LogP contribution is -2.10. The summed E-state index contributed by atoms with van der Waals surface area (Å²) in [6.07, 6.45) is 5.20. The lowest BCUT2D eigenvalue weighted by Gasteiger charge is -2.22. The van der Waals surface area contributed by atoms with Crippen LogP contribution in [0.3, 0.4) is 0 Å². The van der Waals surface area contributed by atoms with Crippen molar-refractivity contribution in [1.82, 2.24) is 0 Å². The standard InChI is InChI=1S/C20H25N/c1-14-7-6-10-20(15(14)2)21-16(3)18-12-11-17-8-4-5-9-19(17)13-18/h6-7,10-13,16,21H,4-5,8-9H2,1-3H3. The molecule has 0 saturated heterocycles. The molecule has 1 N–H and O–H groups in total. The number of hydrogen-bond acceptors (Lipinski definition) is 1. The fourth-order valence-electron chi connectivity index (χ4n) is 3.25. The third kappa shape index (κ3) is 2.97. The van der Waals surface area contributed by atoms with Crippen LogP contribution >= 0.6 is 0 Å². The molecule has 1 heteroatoms. The van der Waals surface area contributed by atoms with Crippen LogP contribution in [0.1, 0.15) is 53.6 Å². The topological polar surface area (TPSA) is 12.0 Å². The maximum absolute atomic E-state index is 3.67. The summed E-state index contributed by atoms with van der Waals surface area (Å²) < 4.78 is 0. The highest BCUT2D eigenvalue weighted by atomic mass is 14.9. The normalized spacial score (nSPS) is 15.4. The molecule has 1 aliphatic carbocycles. The molecular weight excluding hydrogens is 254 g/mol. The Balaban J connectivity index is 1.82. The van der Waals surface area contributed by atoms with Crippen molar-refractivity contribution in [2.24, 2.45) is 0 Å². The maximum atomic E-state index is 3.67. The second kappa shape index (κ2) is 5.93. The van der Waals surface area contributed by atoms with E-state index >= 15 is 0 Å². The van der Waals surface area contributed by atoms with Crippen LogP contribution in [-0.2, 0) is 12.8 Å². The summed E-state index contributed by atoms with van der Waals surface area (Å²) in [6, 6.07) is 13.9. The van der Waals surface area contributed by atoms with Gasteiger partial charge in [0.1, 0.15) is 0 Å². The molecule has 0 bridgehead atoms. The van der Waals surface area contributed by atoms with Crippen LogP contribution in [0.5, 0.6) is 0 Å². The van der Waals surface area contributed by atoms with E-state index in [9.17, 15) is 0 Å². The van der Waals surface area contributed by atoms with Gasteiger partial charge in [0.15, 0.2) is 0 Å². The van der Waals surface area contributed by atoms with Crippen LogP contribution in [0.2, 0.25) is 0 Å². The molecule has 1 unspecified atom stereocenters. The van der Waals surface area contributed by atoms with Gasteiger partial charge in [-0.15, -0.1) is 0 Å². The predicted molar refractivity (Wildman–Crippen MR) is 91.0 cm³/mol. The third-order valence-electron chi connectivity index (χ3n) is 4.85. The van der Waals surface area contributed by atoms with Crippen molar-refractivity contribution in [3.63, 3.8) is 0 Å². The zero-order valence-electron chi connectivity index (χ0n) is 13.4. The summed E-state index contributed by atoms with van der Waals surface area (Å²) >= 11 is 0. The molecule has 1 atom stereocenters. The molecule has 0 radical (unpaired) electrons. The molecule has 2 aromatic carbocycles. The SMILES string of the molecule is Cc1cccc(NC(C)c2ccc3c(c2)CCCC3)c1C. The van der Waals surface area contributed by atoms with Crippen LogP contribution in [0.4, 0.5) is 5.69 Å². The number of fused-ring (bicyclic) bond motifs is 1. The van der Waals surface area contributed by atoms with Gasteiger partial charge in [-0.25, -0.2) is 0 Å². The van der Waals surface area contributed by atoms with E-state index in [1.807, 2.05) is 0 Å². The Morgan fingerprint density at radius 2 is 1.71 bits per heavy atom. The van der Waals surface area contributed by atoms with Crippen molar-refractivity contribution in [2.45, 2.75) is 52.5 Å². The predicted octanol–water partition coefficient (Wildman–Crippen LogP) is 5.36. The largest absolute Gasteiger partial charge is 0.378 e. The van der Waals surface area contributed by atoms with E-state index in [-0.39, 0.29) is 0 Å². The van der Waals surface area contributed by atoms with Crippen molar-refractivity contribution >= 4 is 5.69 Å². The van der Waals surface area contributed by atoms with Gasteiger partial charge in [-0.05, 0) is 80.3 Å². The van der Waals surface area contributed by atoms with Crippen LogP contribution in [-0.4, -0.2) is 0 Å². The van der Waals surface area contributed by atoms with Gasteiger partial charge in [-0.1, -0.05) is 30.3 Å². The average Bonchev–Trinajstić information content (AvgIpc) is 2.51. The van der Waals surface area contributed by atoms with Gasteiger partial charge in [0.25, 0.3) is 0 Å². The molecule has 110 valence electrons. The van der Waals surface area contributed by atoms with Crippen molar-refractivity contribution in [3.8, 4) is 0 Å². The maximum Gasteiger partial charge on any atom is 0.0485 e. The molecule has 0 aliphatic heterocycles. The highest BCUT2D eigenvalue weighted by molar-refractivity contribution is 5.55. The van der Waals surface area contributed by atoms with Gasteiger partial charge >= 0.3 is 0 Å². The second-order valence-electron chi connectivity index (χ2n) is 6.35. The van der Waals surface area contributed by atoms with E-state index in [2.05, 4.69) is 62.5 Å². The number of anilines is 1. The summed E-state index contributed by atoms with van der Waals surface area (Å²) in [6.45, 7) is 6.62. The zero-order chi connectivity index (χ0) is 14.8. The molecule has 0 amide bonds. The summed E-state index contributed by atoms with van der Waals surface area (Å²) in [5.41, 5.74) is 8.47. The molecule has 0 spiro atoms. The van der Waals surface area contributed by atoms with Crippen LogP contribution < -0.4 is 5.32 Å². The van der Waals surface area contributed by atoms with E-state index in [1.54, 1.807) is 11.1 Å². The quantitative estimate of drug-likeness (QED) is 0.798. The fraction of sp³-hybridized carbons (Fsp3) is 0.400. The van der Waals surface area contributed by atoms with Gasteiger partial charge in [0.2, 0.25) is 0 Å². The minimum atomic E-state index is 0.345. The van der Waals surface area contributed by atoms with Crippen LogP contribution in [0.25, 0.3) is 0 Å². The second-order valence-corrected chi connectivity index (χ2v) is 6.35. The smallest absolute Gasteiger partial charge is 0.0485 e. The Morgan fingerprint density at radius 3 is 2.52 bits per heavy atom. The minimum absolute atomic E-state index is 0.345. The van der Waals surface area contributed by atoms with Crippen LogP contribution in [0, 0.1) is 13.8 Å². The Morgan fingerprint density at radius 1 is 0.952 bits per heavy atom. The summed E-state index contributed by atoms with van der Waals surface area (Å²) in [5.74, 6) is 0. The Bertz CT molecular complexity index is 642. The molecular formula is C20H25N. The molecule has 0 aromatic heterocycles. The molecule has 1 aliphatic rings. The van der Waals surface area contributed by atoms with Crippen molar-refractivity contribution < 1.29 is 0 Å². The summed E-state index contributed by atoms with van der Waals surface area (Å²) in [4.78, 5) is 0. The molecule has 0 fully saturated rings. The first-order valence-corrected chi connectivity index (χ1v) is 8.09. The first-order valence-electron chi connectivity index (χ1n) is 8.09. The van der Waals surface area contributed by atoms with E-state index in [0.29, 0.717) is 6.04 Å². The summed E-state index contributed by atoms with van der Waals surface area (Å²) in [7, 11) is 0. The Labute approximate surface area is 128 Å². The number of benzene rings is 2. The van der Waals surface area contributed by atoms with Gasteiger partial charge in [-0.3, -0.25) is 0 Å². The number of hydrogen-bond donors (Lipinski definition) is 1. The Hall–Kier alpha value is -1.76. The van der Waals surface area contributed by atoms with Crippen molar-refractivity contribution in [2.75, 3.05) is 5.32 Å². The highest BCUT2D eigenvalue weighted by Gasteiger charge is 2.13. The van der Waals surface area contributed by atoms with Gasteiger partial charge in [-0.2, -0.15) is 0 Å². The van der Waals surface area contributed by atoms with Gasteiger partial charge < -0.3 is 5.32 Å². The Kier molecular flexibility index (Phi) is 4.01. The third-order valence-corrected chi connectivity index (χ3v) is 4.85. The summed E-state index contributed by atoms with van der Waals surface area (Å²) in [5, 5.41) is 3.67. The fourth-order valence-corrected chi connectivity index (χ4v) is 3.25. The minimum Gasteiger partial charge on any atom is -0.378 e. The molecule has 3 rings (SSSR count). The monoisotopic (exact) mass is 279 g/mol. The average molecular weight is 279 g/mol. The molecule has 1 nitrogen and oxygen atoms in total. The lowest BCUT2D eigenvalue weighted by atomic mass is 9.89. The number of nitrogens with one attached hydrogen (secondary N) is 1. The van der Waals surface area contributed by atoms with Crippen molar-refractivity contribution in [3.05, 3.63) is 64.2 Å². The number of aryl methyl sites for hydroxylation is 3. The highest BCUT2D eigenvalue weighted by Crippen LogP contribution is 2.28. The van der Waals surface area contributed by atoms with Gasteiger partial charge in [0, 0.05) is 11.7 Å². The first kappa shape index (κ1) is 14.2. The molecule has 0 heterocycles. The van der Waals surface area contributed by atoms with E-state index < -0.39 is 0 Å². The molecule has 0 saturated carbocycles. The first-order chi connectivity index (χ1) is 10.1. The lowest BCUT2D eigenvalue weighted by molar-refractivity contribution is 0.683. The van der Waals surface area contributed by atoms with E-state index in [0.717, 1.165) is 0 Å². The molecule has 2 aromatic rings. The molecule has 21 heavy (non-hydrogen) atoms. The van der Waals surface area contributed by atoms with Crippen LogP contribution in [0.15, 0.2) is 36.4 Å². The zero-order valence-corrected chi connectivity index (χ0v) is 13.4. The van der Waals surface area contributed by atoms with Gasteiger partial charge in [0.05, 0.1) is 0 Å². The van der Waals surface area contributed by atoms with Crippen molar-refractivity contribution in [1.29, 1.82) is 0 Å². The van der Waals surface area contributed by atoms with E-state index in [4.69, 9.17) is 0 Å². The van der Waals surface area contributed by atoms with E-state index in [1.165, 1.54) is 48.1 Å². The number of rotatable bonds is 3.